The summed E-state index contributed by atoms with van der Waals surface area (Å²) in [6, 6.07) is 12.2. The van der Waals surface area contributed by atoms with Gasteiger partial charge in [-0.1, -0.05) is 43.7 Å². The van der Waals surface area contributed by atoms with Gasteiger partial charge in [0.1, 0.15) is 12.1 Å². The SMILES string of the molecule is CCCc1cc(NC(CN)c2ccccc2)ncn1. The van der Waals surface area contributed by atoms with E-state index in [9.17, 15) is 0 Å². The summed E-state index contributed by atoms with van der Waals surface area (Å²) in [5.74, 6) is 0.831. The lowest BCUT2D eigenvalue weighted by Gasteiger charge is -2.18. The predicted octanol–water partition coefficient (Wildman–Crippen LogP) is 2.54. The molecule has 19 heavy (non-hydrogen) atoms. The van der Waals surface area contributed by atoms with Crippen molar-refractivity contribution in [1.29, 1.82) is 0 Å². The Balaban J connectivity index is 2.12. The maximum absolute atomic E-state index is 5.84. The molecule has 0 saturated heterocycles. The molecule has 100 valence electrons. The summed E-state index contributed by atoms with van der Waals surface area (Å²) in [5, 5.41) is 3.37. The zero-order valence-electron chi connectivity index (χ0n) is 11.2. The van der Waals surface area contributed by atoms with Crippen molar-refractivity contribution in [2.75, 3.05) is 11.9 Å². The fourth-order valence-corrected chi connectivity index (χ4v) is 2.01. The van der Waals surface area contributed by atoms with E-state index in [0.29, 0.717) is 6.54 Å². The number of aryl methyl sites for hydroxylation is 1. The van der Waals surface area contributed by atoms with Crippen LogP contribution in [0.25, 0.3) is 0 Å². The Kier molecular flexibility index (Phi) is 4.86. The first-order valence-electron chi connectivity index (χ1n) is 6.66. The van der Waals surface area contributed by atoms with Crippen molar-refractivity contribution < 1.29 is 0 Å². The van der Waals surface area contributed by atoms with Gasteiger partial charge in [-0.15, -0.1) is 0 Å². The normalized spacial score (nSPS) is 12.1. The van der Waals surface area contributed by atoms with Gasteiger partial charge in [0.15, 0.2) is 0 Å². The van der Waals surface area contributed by atoms with Crippen LogP contribution < -0.4 is 11.1 Å². The molecule has 0 amide bonds. The number of benzene rings is 1. The molecule has 1 unspecified atom stereocenters. The fourth-order valence-electron chi connectivity index (χ4n) is 2.01. The highest BCUT2D eigenvalue weighted by Crippen LogP contribution is 2.17. The zero-order valence-corrected chi connectivity index (χ0v) is 11.2. The molecule has 0 aliphatic heterocycles. The van der Waals surface area contributed by atoms with Crippen LogP contribution in [0.15, 0.2) is 42.7 Å². The van der Waals surface area contributed by atoms with Crippen molar-refractivity contribution in [2.45, 2.75) is 25.8 Å². The molecule has 0 aliphatic rings. The lowest BCUT2D eigenvalue weighted by molar-refractivity contribution is 0.780. The molecule has 4 heteroatoms. The van der Waals surface area contributed by atoms with Gasteiger partial charge in [-0.2, -0.15) is 0 Å². The molecule has 0 saturated carbocycles. The monoisotopic (exact) mass is 256 g/mol. The van der Waals surface area contributed by atoms with Crippen LogP contribution in [0.5, 0.6) is 0 Å². The predicted molar refractivity (Wildman–Crippen MR) is 77.9 cm³/mol. The average molecular weight is 256 g/mol. The van der Waals surface area contributed by atoms with E-state index in [4.69, 9.17) is 5.73 Å². The number of aromatic nitrogens is 2. The van der Waals surface area contributed by atoms with Crippen LogP contribution in [0.2, 0.25) is 0 Å². The van der Waals surface area contributed by atoms with E-state index >= 15 is 0 Å². The van der Waals surface area contributed by atoms with Gasteiger partial charge in [0.2, 0.25) is 0 Å². The number of anilines is 1. The second-order valence-corrected chi connectivity index (χ2v) is 4.49. The van der Waals surface area contributed by atoms with Crippen molar-refractivity contribution in [3.05, 3.63) is 54.0 Å². The quantitative estimate of drug-likeness (QED) is 0.833. The van der Waals surface area contributed by atoms with Crippen LogP contribution in [0.1, 0.15) is 30.6 Å². The van der Waals surface area contributed by atoms with Gasteiger partial charge in [0, 0.05) is 18.3 Å². The van der Waals surface area contributed by atoms with Crippen molar-refractivity contribution in [3.8, 4) is 0 Å². The zero-order chi connectivity index (χ0) is 13.5. The minimum Gasteiger partial charge on any atom is -0.362 e. The molecule has 3 N–H and O–H groups in total. The van der Waals surface area contributed by atoms with E-state index in [-0.39, 0.29) is 6.04 Å². The summed E-state index contributed by atoms with van der Waals surface area (Å²) < 4.78 is 0. The Morgan fingerprint density at radius 1 is 1.21 bits per heavy atom. The fraction of sp³-hybridized carbons (Fsp3) is 0.333. The Hall–Kier alpha value is -1.94. The van der Waals surface area contributed by atoms with Crippen LogP contribution in [0.4, 0.5) is 5.82 Å². The standard InChI is InChI=1S/C15H20N4/c1-2-6-13-9-15(18-11-17-13)19-14(10-16)12-7-4-3-5-8-12/h3-5,7-9,11,14H,2,6,10,16H2,1H3,(H,17,18,19). The molecule has 1 heterocycles. The Morgan fingerprint density at radius 2 is 2.00 bits per heavy atom. The van der Waals surface area contributed by atoms with E-state index < -0.39 is 0 Å². The molecule has 0 spiro atoms. The lowest BCUT2D eigenvalue weighted by atomic mass is 10.1. The van der Waals surface area contributed by atoms with Gasteiger partial charge in [-0.25, -0.2) is 9.97 Å². The molecular formula is C15H20N4. The van der Waals surface area contributed by atoms with Crippen LogP contribution in [-0.2, 0) is 6.42 Å². The van der Waals surface area contributed by atoms with Crippen LogP contribution >= 0.6 is 0 Å². The Labute approximate surface area is 114 Å². The maximum Gasteiger partial charge on any atom is 0.130 e. The van der Waals surface area contributed by atoms with E-state index in [2.05, 4.69) is 34.3 Å². The Bertz CT molecular complexity index is 499. The van der Waals surface area contributed by atoms with Gasteiger partial charge >= 0.3 is 0 Å². The molecule has 4 nitrogen and oxygen atoms in total. The first-order valence-corrected chi connectivity index (χ1v) is 6.66. The summed E-state index contributed by atoms with van der Waals surface area (Å²) >= 11 is 0. The van der Waals surface area contributed by atoms with Crippen LogP contribution in [0, 0.1) is 0 Å². The first kappa shape index (κ1) is 13.5. The summed E-state index contributed by atoms with van der Waals surface area (Å²) in [7, 11) is 0. The number of rotatable bonds is 6. The molecule has 0 aliphatic carbocycles. The highest BCUT2D eigenvalue weighted by Gasteiger charge is 2.09. The average Bonchev–Trinajstić information content (AvgIpc) is 2.46. The first-order chi connectivity index (χ1) is 9.33. The number of nitrogens with two attached hydrogens (primary N) is 1. The highest BCUT2D eigenvalue weighted by molar-refractivity contribution is 5.39. The minimum absolute atomic E-state index is 0.0746. The number of nitrogens with one attached hydrogen (secondary N) is 1. The van der Waals surface area contributed by atoms with Gasteiger partial charge in [0.05, 0.1) is 6.04 Å². The Morgan fingerprint density at radius 3 is 2.68 bits per heavy atom. The van der Waals surface area contributed by atoms with Crippen molar-refractivity contribution in [3.63, 3.8) is 0 Å². The van der Waals surface area contributed by atoms with Crippen molar-refractivity contribution in [1.82, 2.24) is 9.97 Å². The van der Waals surface area contributed by atoms with Crippen molar-refractivity contribution >= 4 is 5.82 Å². The third kappa shape index (κ3) is 3.76. The van der Waals surface area contributed by atoms with Crippen molar-refractivity contribution in [2.24, 2.45) is 5.73 Å². The number of nitrogens with zero attached hydrogens (tertiary/aromatic N) is 2. The molecular weight excluding hydrogens is 236 g/mol. The van der Waals surface area contributed by atoms with Gasteiger partial charge < -0.3 is 11.1 Å². The third-order valence-electron chi connectivity index (χ3n) is 2.99. The number of hydrogen-bond donors (Lipinski definition) is 2. The van der Waals surface area contributed by atoms with E-state index in [0.717, 1.165) is 24.4 Å². The molecule has 0 bridgehead atoms. The van der Waals surface area contributed by atoms with E-state index in [1.54, 1.807) is 6.33 Å². The summed E-state index contributed by atoms with van der Waals surface area (Å²) in [6.45, 7) is 2.67. The third-order valence-corrected chi connectivity index (χ3v) is 2.99. The lowest BCUT2D eigenvalue weighted by Crippen LogP contribution is -2.21. The summed E-state index contributed by atoms with van der Waals surface area (Å²) in [6.07, 6.45) is 3.65. The largest absolute Gasteiger partial charge is 0.362 e. The minimum atomic E-state index is 0.0746. The topological polar surface area (TPSA) is 63.8 Å². The molecule has 2 aromatic rings. The molecule has 0 fully saturated rings. The molecule has 0 radical (unpaired) electrons. The highest BCUT2D eigenvalue weighted by atomic mass is 15.0. The van der Waals surface area contributed by atoms with E-state index in [1.807, 2.05) is 24.3 Å². The smallest absolute Gasteiger partial charge is 0.130 e. The molecule has 1 aromatic carbocycles. The number of hydrogen-bond acceptors (Lipinski definition) is 4. The molecule has 1 atom stereocenters. The van der Waals surface area contributed by atoms with Gasteiger partial charge in [-0.3, -0.25) is 0 Å². The van der Waals surface area contributed by atoms with E-state index in [1.165, 1.54) is 5.56 Å². The van der Waals surface area contributed by atoms with Crippen LogP contribution in [0.3, 0.4) is 0 Å². The van der Waals surface area contributed by atoms with Crippen LogP contribution in [-0.4, -0.2) is 16.5 Å². The molecule has 2 rings (SSSR count). The van der Waals surface area contributed by atoms with Gasteiger partial charge in [-0.05, 0) is 12.0 Å². The molecule has 1 aromatic heterocycles. The summed E-state index contributed by atoms with van der Waals surface area (Å²) in [4.78, 5) is 8.51. The maximum atomic E-state index is 5.84. The second-order valence-electron chi connectivity index (χ2n) is 4.49. The van der Waals surface area contributed by atoms with Gasteiger partial charge in [0.25, 0.3) is 0 Å². The summed E-state index contributed by atoms with van der Waals surface area (Å²) in [5.41, 5.74) is 8.07. The second kappa shape index (κ2) is 6.85.